The van der Waals surface area contributed by atoms with E-state index in [1.54, 1.807) is 0 Å². The van der Waals surface area contributed by atoms with Crippen LogP contribution in [0.1, 0.15) is 45.4 Å². The molecule has 0 spiro atoms. The summed E-state index contributed by atoms with van der Waals surface area (Å²) in [5.41, 5.74) is 0. The number of nitrogens with one attached hydrogen (secondary N) is 1. The number of carbonyl (C=O) groups is 1. The lowest BCUT2D eigenvalue weighted by Crippen LogP contribution is -2.46. The molecule has 1 aliphatic heterocycles. The number of ether oxygens (including phenoxy) is 2. The third-order valence-corrected chi connectivity index (χ3v) is 4.24. The highest BCUT2D eigenvalue weighted by Gasteiger charge is 2.18. The molecule has 1 saturated heterocycles. The zero-order valence-corrected chi connectivity index (χ0v) is 13.3. The lowest BCUT2D eigenvalue weighted by atomic mass is 9.98. The van der Waals surface area contributed by atoms with Gasteiger partial charge in [-0.3, -0.25) is 9.69 Å². The van der Waals surface area contributed by atoms with Crippen LogP contribution in [-0.2, 0) is 14.3 Å². The van der Waals surface area contributed by atoms with E-state index in [2.05, 4.69) is 10.2 Å². The molecular weight excluding hydrogens is 268 g/mol. The van der Waals surface area contributed by atoms with E-state index in [1.807, 2.05) is 6.92 Å². The zero-order chi connectivity index (χ0) is 14.9. The van der Waals surface area contributed by atoms with Crippen molar-refractivity contribution in [3.63, 3.8) is 0 Å². The van der Waals surface area contributed by atoms with Gasteiger partial charge in [0, 0.05) is 26.2 Å². The number of rotatable bonds is 7. The Hall–Kier alpha value is -0.650. The Morgan fingerprint density at radius 3 is 2.90 bits per heavy atom. The van der Waals surface area contributed by atoms with E-state index in [4.69, 9.17) is 9.47 Å². The monoisotopic (exact) mass is 298 g/mol. The molecule has 122 valence electrons. The van der Waals surface area contributed by atoms with Gasteiger partial charge in [-0.15, -0.1) is 0 Å². The van der Waals surface area contributed by atoms with Gasteiger partial charge in [-0.05, 0) is 26.2 Å². The molecule has 0 aromatic carbocycles. The van der Waals surface area contributed by atoms with Gasteiger partial charge in [-0.2, -0.15) is 0 Å². The zero-order valence-electron chi connectivity index (χ0n) is 13.3. The van der Waals surface area contributed by atoms with Crippen LogP contribution < -0.4 is 5.32 Å². The van der Waals surface area contributed by atoms with Crippen LogP contribution in [0.5, 0.6) is 0 Å². The third kappa shape index (κ3) is 6.76. The number of hydrogen-bond acceptors (Lipinski definition) is 4. The van der Waals surface area contributed by atoms with Crippen LogP contribution in [0.2, 0.25) is 0 Å². The maximum atomic E-state index is 11.8. The SMILES string of the molecule is CC1CN(CC(=O)NCCCOC2CCCCC2)CCO1. The summed E-state index contributed by atoms with van der Waals surface area (Å²) in [6.45, 7) is 6.43. The molecule has 1 N–H and O–H groups in total. The number of hydrogen-bond donors (Lipinski definition) is 1. The molecule has 2 aliphatic rings. The van der Waals surface area contributed by atoms with Crippen molar-refractivity contribution in [2.45, 2.75) is 57.7 Å². The first-order valence-corrected chi connectivity index (χ1v) is 8.46. The molecule has 0 radical (unpaired) electrons. The Labute approximate surface area is 128 Å². The molecule has 1 heterocycles. The molecule has 0 aromatic rings. The van der Waals surface area contributed by atoms with Crippen molar-refractivity contribution in [2.75, 3.05) is 39.4 Å². The number of nitrogens with zero attached hydrogens (tertiary/aromatic N) is 1. The van der Waals surface area contributed by atoms with Crippen LogP contribution in [0.25, 0.3) is 0 Å². The molecule has 0 aromatic heterocycles. The third-order valence-electron chi connectivity index (χ3n) is 4.24. The van der Waals surface area contributed by atoms with Gasteiger partial charge in [-0.1, -0.05) is 19.3 Å². The Bertz CT molecular complexity index is 306. The molecule has 2 rings (SSSR count). The van der Waals surface area contributed by atoms with Crippen LogP contribution in [0.4, 0.5) is 0 Å². The highest BCUT2D eigenvalue weighted by atomic mass is 16.5. The van der Waals surface area contributed by atoms with Gasteiger partial charge < -0.3 is 14.8 Å². The number of carbonyl (C=O) groups excluding carboxylic acids is 1. The molecule has 5 heteroatoms. The van der Waals surface area contributed by atoms with E-state index in [9.17, 15) is 4.79 Å². The van der Waals surface area contributed by atoms with E-state index < -0.39 is 0 Å². The molecule has 0 bridgehead atoms. The van der Waals surface area contributed by atoms with Gasteiger partial charge >= 0.3 is 0 Å². The Kier molecular flexibility index (Phi) is 7.47. The first-order valence-electron chi connectivity index (χ1n) is 8.46. The van der Waals surface area contributed by atoms with Gasteiger partial charge in [0.25, 0.3) is 0 Å². The Morgan fingerprint density at radius 1 is 1.33 bits per heavy atom. The largest absolute Gasteiger partial charge is 0.378 e. The van der Waals surface area contributed by atoms with Gasteiger partial charge in [0.05, 0.1) is 25.4 Å². The topological polar surface area (TPSA) is 50.8 Å². The average molecular weight is 298 g/mol. The van der Waals surface area contributed by atoms with Gasteiger partial charge in [0.15, 0.2) is 0 Å². The van der Waals surface area contributed by atoms with Gasteiger partial charge in [0.1, 0.15) is 0 Å². The quantitative estimate of drug-likeness (QED) is 0.725. The predicted molar refractivity (Wildman–Crippen MR) is 82.3 cm³/mol. The van der Waals surface area contributed by atoms with E-state index in [1.165, 1.54) is 32.1 Å². The van der Waals surface area contributed by atoms with Crippen LogP contribution in [0.15, 0.2) is 0 Å². The van der Waals surface area contributed by atoms with Crippen molar-refractivity contribution in [1.29, 1.82) is 0 Å². The molecule has 2 fully saturated rings. The maximum Gasteiger partial charge on any atom is 0.234 e. The number of amides is 1. The van der Waals surface area contributed by atoms with Crippen molar-refractivity contribution in [3.8, 4) is 0 Å². The van der Waals surface area contributed by atoms with Crippen LogP contribution in [0.3, 0.4) is 0 Å². The smallest absolute Gasteiger partial charge is 0.234 e. The van der Waals surface area contributed by atoms with Crippen molar-refractivity contribution in [3.05, 3.63) is 0 Å². The molecule has 1 atom stereocenters. The molecular formula is C16H30N2O3. The van der Waals surface area contributed by atoms with E-state index >= 15 is 0 Å². The standard InChI is InChI=1S/C16H30N2O3/c1-14-12-18(9-11-20-14)13-16(19)17-8-5-10-21-15-6-3-2-4-7-15/h14-15H,2-13H2,1H3,(H,17,19). The summed E-state index contributed by atoms with van der Waals surface area (Å²) in [6, 6.07) is 0. The van der Waals surface area contributed by atoms with Gasteiger partial charge in [-0.25, -0.2) is 0 Å². The number of morpholine rings is 1. The summed E-state index contributed by atoms with van der Waals surface area (Å²) in [5, 5.41) is 2.98. The van der Waals surface area contributed by atoms with Gasteiger partial charge in [0.2, 0.25) is 5.91 Å². The minimum absolute atomic E-state index is 0.113. The van der Waals surface area contributed by atoms with Crippen molar-refractivity contribution in [1.82, 2.24) is 10.2 Å². The molecule has 21 heavy (non-hydrogen) atoms. The Balaban J connectivity index is 1.47. The highest BCUT2D eigenvalue weighted by molar-refractivity contribution is 5.77. The van der Waals surface area contributed by atoms with E-state index in [-0.39, 0.29) is 12.0 Å². The average Bonchev–Trinajstić information content (AvgIpc) is 2.48. The van der Waals surface area contributed by atoms with Crippen molar-refractivity contribution in [2.24, 2.45) is 0 Å². The van der Waals surface area contributed by atoms with Crippen molar-refractivity contribution < 1.29 is 14.3 Å². The fourth-order valence-electron chi connectivity index (χ4n) is 3.07. The summed E-state index contributed by atoms with van der Waals surface area (Å²) in [7, 11) is 0. The first-order chi connectivity index (χ1) is 10.2. The lowest BCUT2D eigenvalue weighted by molar-refractivity contribution is -0.124. The normalized spacial score (nSPS) is 24.9. The second-order valence-electron chi connectivity index (χ2n) is 6.25. The minimum Gasteiger partial charge on any atom is -0.378 e. The van der Waals surface area contributed by atoms with Crippen LogP contribution in [0, 0.1) is 0 Å². The highest BCUT2D eigenvalue weighted by Crippen LogP contribution is 2.20. The minimum atomic E-state index is 0.113. The molecule has 1 saturated carbocycles. The maximum absolute atomic E-state index is 11.8. The summed E-state index contributed by atoms with van der Waals surface area (Å²) in [5.74, 6) is 0.113. The van der Waals surface area contributed by atoms with Crippen LogP contribution >= 0.6 is 0 Å². The van der Waals surface area contributed by atoms with Crippen LogP contribution in [-0.4, -0.2) is 62.4 Å². The second-order valence-corrected chi connectivity index (χ2v) is 6.25. The fraction of sp³-hybridized carbons (Fsp3) is 0.938. The summed E-state index contributed by atoms with van der Waals surface area (Å²) < 4.78 is 11.3. The molecule has 1 aliphatic carbocycles. The lowest BCUT2D eigenvalue weighted by Gasteiger charge is -2.30. The van der Waals surface area contributed by atoms with E-state index in [0.29, 0.717) is 19.2 Å². The molecule has 1 unspecified atom stereocenters. The second kappa shape index (κ2) is 9.38. The summed E-state index contributed by atoms with van der Waals surface area (Å²) >= 11 is 0. The molecule has 1 amide bonds. The van der Waals surface area contributed by atoms with Crippen molar-refractivity contribution >= 4 is 5.91 Å². The summed E-state index contributed by atoms with van der Waals surface area (Å²) in [4.78, 5) is 14.0. The van der Waals surface area contributed by atoms with E-state index in [0.717, 1.165) is 32.7 Å². The summed E-state index contributed by atoms with van der Waals surface area (Å²) in [6.07, 6.45) is 7.99. The molecule has 5 nitrogen and oxygen atoms in total. The predicted octanol–water partition coefficient (Wildman–Crippen LogP) is 1.56. The Morgan fingerprint density at radius 2 is 2.14 bits per heavy atom. The fourth-order valence-corrected chi connectivity index (χ4v) is 3.07. The first kappa shape index (κ1) is 16.7.